The average molecular weight is 416 g/mol. The van der Waals surface area contributed by atoms with Crippen molar-refractivity contribution in [2.24, 2.45) is 0 Å². The fourth-order valence-electron chi connectivity index (χ4n) is 3.55. The van der Waals surface area contributed by atoms with Crippen molar-refractivity contribution in [1.82, 2.24) is 14.1 Å². The van der Waals surface area contributed by atoms with Gasteiger partial charge in [0.2, 0.25) is 5.91 Å². The van der Waals surface area contributed by atoms with Gasteiger partial charge in [-0.25, -0.2) is 4.98 Å². The number of aromatic nitrogens is 3. The zero-order chi connectivity index (χ0) is 22.0. The molecule has 2 aromatic heterocycles. The third-order valence-electron chi connectivity index (χ3n) is 5.13. The third-order valence-corrected chi connectivity index (χ3v) is 5.13. The van der Waals surface area contributed by atoms with Gasteiger partial charge in [0.25, 0.3) is 5.56 Å². The lowest BCUT2D eigenvalue weighted by Gasteiger charge is -2.11. The predicted octanol–water partition coefficient (Wildman–Crippen LogP) is 4.09. The van der Waals surface area contributed by atoms with Crippen LogP contribution >= 0.6 is 0 Å². The van der Waals surface area contributed by atoms with E-state index in [4.69, 9.17) is 4.74 Å². The van der Waals surface area contributed by atoms with Crippen LogP contribution in [0.25, 0.3) is 22.2 Å². The topological polar surface area (TPSA) is 78.2 Å². The number of carbonyl (C=O) groups is 1. The Morgan fingerprint density at radius 1 is 1.10 bits per heavy atom. The van der Waals surface area contributed by atoms with Crippen LogP contribution in [0.5, 0.6) is 5.75 Å². The second-order valence-electron chi connectivity index (χ2n) is 7.56. The van der Waals surface area contributed by atoms with Gasteiger partial charge in [0.1, 0.15) is 23.3 Å². The summed E-state index contributed by atoms with van der Waals surface area (Å²) in [5.41, 5.74) is 3.25. The van der Waals surface area contributed by atoms with E-state index in [2.05, 4.69) is 10.3 Å². The molecule has 0 aliphatic heterocycles. The number of amides is 1. The maximum Gasteiger partial charge on any atom is 0.278 e. The molecule has 0 unspecified atom stereocenters. The fourth-order valence-corrected chi connectivity index (χ4v) is 3.55. The zero-order valence-corrected chi connectivity index (χ0v) is 17.7. The molecule has 7 heteroatoms. The number of carbonyl (C=O) groups excluding carboxylic acids is 1. The number of nitrogens with one attached hydrogen (secondary N) is 1. The Balaban J connectivity index is 1.74. The van der Waals surface area contributed by atoms with Crippen molar-refractivity contribution in [2.75, 3.05) is 12.4 Å². The van der Waals surface area contributed by atoms with Crippen LogP contribution in [-0.2, 0) is 11.3 Å². The Labute approximate surface area is 179 Å². The molecule has 1 amide bonds. The van der Waals surface area contributed by atoms with E-state index in [1.807, 2.05) is 50.4 Å². The molecule has 0 saturated heterocycles. The SMILES string of the molecule is COc1ccc(NC(=O)Cn2cc(-c3ccccc3)c3ncn(C(C)C)c(=O)c32)cc1. The quantitative estimate of drug-likeness (QED) is 0.513. The average Bonchev–Trinajstić information content (AvgIpc) is 3.14. The molecule has 0 saturated carbocycles. The van der Waals surface area contributed by atoms with E-state index in [1.54, 1.807) is 46.8 Å². The van der Waals surface area contributed by atoms with Gasteiger partial charge in [0, 0.05) is 23.5 Å². The summed E-state index contributed by atoms with van der Waals surface area (Å²) in [6.45, 7) is 3.85. The molecule has 2 aromatic carbocycles. The highest BCUT2D eigenvalue weighted by atomic mass is 16.5. The van der Waals surface area contributed by atoms with Crippen LogP contribution < -0.4 is 15.6 Å². The smallest absolute Gasteiger partial charge is 0.278 e. The Kier molecular flexibility index (Phi) is 5.58. The third kappa shape index (κ3) is 4.07. The molecule has 0 fully saturated rings. The summed E-state index contributed by atoms with van der Waals surface area (Å²) in [5, 5.41) is 2.87. The molecule has 0 spiro atoms. The van der Waals surface area contributed by atoms with Gasteiger partial charge in [-0.05, 0) is 43.7 Å². The minimum atomic E-state index is -0.235. The van der Waals surface area contributed by atoms with Crippen molar-refractivity contribution in [1.29, 1.82) is 0 Å². The molecule has 31 heavy (non-hydrogen) atoms. The Morgan fingerprint density at radius 2 is 1.81 bits per heavy atom. The van der Waals surface area contributed by atoms with E-state index in [0.29, 0.717) is 22.5 Å². The highest BCUT2D eigenvalue weighted by Crippen LogP contribution is 2.28. The Morgan fingerprint density at radius 3 is 2.45 bits per heavy atom. The molecular weight excluding hydrogens is 392 g/mol. The number of ether oxygens (including phenoxy) is 1. The summed E-state index contributed by atoms with van der Waals surface area (Å²) in [6, 6.07) is 16.8. The molecule has 2 heterocycles. The molecule has 1 N–H and O–H groups in total. The van der Waals surface area contributed by atoms with Crippen LogP contribution in [0.1, 0.15) is 19.9 Å². The van der Waals surface area contributed by atoms with Crippen LogP contribution in [0.4, 0.5) is 5.69 Å². The molecule has 0 atom stereocenters. The van der Waals surface area contributed by atoms with Gasteiger partial charge in [0.05, 0.1) is 13.4 Å². The first-order chi connectivity index (χ1) is 15.0. The standard InChI is InChI=1S/C24H24N4O3/c1-16(2)28-15-25-22-20(17-7-5-4-6-8-17)13-27(23(22)24(28)30)14-21(29)26-18-9-11-19(31-3)12-10-18/h4-13,15-16H,14H2,1-3H3,(H,26,29). The highest BCUT2D eigenvalue weighted by Gasteiger charge is 2.18. The molecule has 0 bridgehead atoms. The van der Waals surface area contributed by atoms with Gasteiger partial charge >= 0.3 is 0 Å². The van der Waals surface area contributed by atoms with Crippen LogP contribution in [0.15, 0.2) is 71.9 Å². The molecule has 158 valence electrons. The molecule has 4 aromatic rings. The van der Waals surface area contributed by atoms with E-state index >= 15 is 0 Å². The number of rotatable bonds is 6. The lowest BCUT2D eigenvalue weighted by atomic mass is 10.1. The first kappa shape index (κ1) is 20.4. The van der Waals surface area contributed by atoms with Gasteiger partial charge < -0.3 is 14.6 Å². The predicted molar refractivity (Wildman–Crippen MR) is 121 cm³/mol. The number of hydrogen-bond acceptors (Lipinski definition) is 4. The molecule has 4 rings (SSSR count). The second-order valence-corrected chi connectivity index (χ2v) is 7.56. The van der Waals surface area contributed by atoms with Gasteiger partial charge in [-0.2, -0.15) is 0 Å². The number of methoxy groups -OCH3 is 1. The van der Waals surface area contributed by atoms with Crippen LogP contribution in [0.2, 0.25) is 0 Å². The number of benzene rings is 2. The molecule has 7 nitrogen and oxygen atoms in total. The van der Waals surface area contributed by atoms with Gasteiger partial charge in [-0.15, -0.1) is 0 Å². The van der Waals surface area contributed by atoms with Crippen molar-refractivity contribution in [3.63, 3.8) is 0 Å². The maximum absolute atomic E-state index is 13.2. The molecule has 0 aliphatic rings. The molecule has 0 aliphatic carbocycles. The number of hydrogen-bond donors (Lipinski definition) is 1. The van der Waals surface area contributed by atoms with E-state index in [0.717, 1.165) is 11.1 Å². The monoisotopic (exact) mass is 416 g/mol. The number of anilines is 1. The summed E-state index contributed by atoms with van der Waals surface area (Å²) < 4.78 is 8.41. The van der Waals surface area contributed by atoms with Gasteiger partial charge in [-0.3, -0.25) is 14.2 Å². The lowest BCUT2D eigenvalue weighted by molar-refractivity contribution is -0.116. The van der Waals surface area contributed by atoms with E-state index in [-0.39, 0.29) is 24.1 Å². The second kappa shape index (κ2) is 8.47. The lowest BCUT2D eigenvalue weighted by Crippen LogP contribution is -2.26. The Bertz CT molecular complexity index is 1270. The van der Waals surface area contributed by atoms with Crippen molar-refractivity contribution in [3.05, 3.63) is 77.5 Å². The number of fused-ring (bicyclic) bond motifs is 1. The minimum Gasteiger partial charge on any atom is -0.497 e. The van der Waals surface area contributed by atoms with Crippen LogP contribution in [0, 0.1) is 0 Å². The maximum atomic E-state index is 13.2. The van der Waals surface area contributed by atoms with Crippen LogP contribution in [-0.4, -0.2) is 27.1 Å². The van der Waals surface area contributed by atoms with Crippen LogP contribution in [0.3, 0.4) is 0 Å². The van der Waals surface area contributed by atoms with Crippen molar-refractivity contribution < 1.29 is 9.53 Å². The highest BCUT2D eigenvalue weighted by molar-refractivity contribution is 5.95. The molecular formula is C24H24N4O3. The summed E-state index contributed by atoms with van der Waals surface area (Å²) in [6.07, 6.45) is 3.40. The fraction of sp³-hybridized carbons (Fsp3) is 0.208. The summed E-state index contributed by atoms with van der Waals surface area (Å²) in [4.78, 5) is 30.5. The van der Waals surface area contributed by atoms with Gasteiger partial charge in [0.15, 0.2) is 0 Å². The van der Waals surface area contributed by atoms with E-state index in [1.165, 1.54) is 0 Å². The molecule has 0 radical (unpaired) electrons. The number of nitrogens with zero attached hydrogens (tertiary/aromatic N) is 3. The van der Waals surface area contributed by atoms with Crippen molar-refractivity contribution >= 4 is 22.6 Å². The zero-order valence-electron chi connectivity index (χ0n) is 17.7. The Hall–Kier alpha value is -3.87. The first-order valence-corrected chi connectivity index (χ1v) is 10.1. The van der Waals surface area contributed by atoms with Crippen molar-refractivity contribution in [2.45, 2.75) is 26.4 Å². The summed E-state index contributed by atoms with van der Waals surface area (Å²) in [5.74, 6) is 0.475. The normalized spacial score (nSPS) is 11.1. The minimum absolute atomic E-state index is 0.00556. The van der Waals surface area contributed by atoms with Crippen molar-refractivity contribution in [3.8, 4) is 16.9 Å². The first-order valence-electron chi connectivity index (χ1n) is 10.1. The van der Waals surface area contributed by atoms with Gasteiger partial charge in [-0.1, -0.05) is 30.3 Å². The summed E-state index contributed by atoms with van der Waals surface area (Å²) >= 11 is 0. The largest absolute Gasteiger partial charge is 0.497 e. The van der Waals surface area contributed by atoms with E-state index < -0.39 is 0 Å². The summed E-state index contributed by atoms with van der Waals surface area (Å²) in [7, 11) is 1.59. The van der Waals surface area contributed by atoms with E-state index in [9.17, 15) is 9.59 Å².